The van der Waals surface area contributed by atoms with Gasteiger partial charge in [-0.05, 0) is 97.7 Å². The lowest BCUT2D eigenvalue weighted by Crippen LogP contribution is -2.58. The van der Waals surface area contributed by atoms with E-state index in [1.54, 1.807) is 0 Å². The predicted octanol–water partition coefficient (Wildman–Crippen LogP) is 2.97. The molecular formula is C33H50O11. The van der Waals surface area contributed by atoms with Crippen LogP contribution in [0.1, 0.15) is 91.9 Å². The number of aliphatic hydroxyl groups excluding tert-OH is 2. The van der Waals surface area contributed by atoms with Gasteiger partial charge < -0.3 is 39.7 Å². The van der Waals surface area contributed by atoms with E-state index in [4.69, 9.17) is 19.3 Å². The highest BCUT2D eigenvalue weighted by Crippen LogP contribution is 2.71. The Bertz CT molecular complexity index is 1170. The summed E-state index contributed by atoms with van der Waals surface area (Å²) < 4.78 is 18.9. The van der Waals surface area contributed by atoms with Crippen LogP contribution in [0.3, 0.4) is 0 Å². The third kappa shape index (κ3) is 4.74. The van der Waals surface area contributed by atoms with Crippen molar-refractivity contribution >= 4 is 17.9 Å². The van der Waals surface area contributed by atoms with E-state index in [1.165, 1.54) is 0 Å². The van der Waals surface area contributed by atoms with Crippen molar-refractivity contribution in [3.63, 3.8) is 0 Å². The molecule has 4 saturated carbocycles. The van der Waals surface area contributed by atoms with Crippen molar-refractivity contribution < 1.29 is 54.1 Å². The molecule has 0 aromatic heterocycles. The van der Waals surface area contributed by atoms with Gasteiger partial charge in [0.2, 0.25) is 5.60 Å². The van der Waals surface area contributed by atoms with Crippen LogP contribution >= 0.6 is 0 Å². The Kier molecular flexibility index (Phi) is 7.96. The number of hydrogen-bond acceptors (Lipinski definition) is 9. The zero-order chi connectivity index (χ0) is 32.0. The van der Waals surface area contributed by atoms with Gasteiger partial charge >= 0.3 is 17.9 Å². The molecule has 6 rings (SSSR count). The smallest absolute Gasteiger partial charge is 0.339 e. The van der Waals surface area contributed by atoms with Crippen LogP contribution < -0.4 is 0 Å². The average Bonchev–Trinajstić information content (AvgIpc) is 3.40. The summed E-state index contributed by atoms with van der Waals surface area (Å²) in [4.78, 5) is 35.7. The Labute approximate surface area is 258 Å². The zero-order valence-electron chi connectivity index (χ0n) is 26.3. The maximum absolute atomic E-state index is 12.8. The number of rotatable bonds is 6. The maximum atomic E-state index is 12.8. The van der Waals surface area contributed by atoms with Gasteiger partial charge in [0.15, 0.2) is 11.9 Å². The van der Waals surface area contributed by atoms with Gasteiger partial charge in [-0.3, -0.25) is 4.79 Å². The third-order valence-corrected chi connectivity index (χ3v) is 13.7. The first kappa shape index (κ1) is 32.2. The summed E-state index contributed by atoms with van der Waals surface area (Å²) in [7, 11) is 0. The molecule has 2 saturated heterocycles. The Morgan fingerprint density at radius 3 is 2.36 bits per heavy atom. The minimum absolute atomic E-state index is 0.149. The summed E-state index contributed by atoms with van der Waals surface area (Å²) in [5.41, 5.74) is -3.32. The first-order chi connectivity index (χ1) is 20.6. The summed E-state index contributed by atoms with van der Waals surface area (Å²) in [5.74, 6) is -2.71. The normalized spacial score (nSPS) is 50.0. The molecule has 6 aliphatic rings. The number of carboxylic acid groups (broad SMARTS) is 2. The molecule has 11 nitrogen and oxygen atoms in total. The van der Waals surface area contributed by atoms with Gasteiger partial charge in [0, 0.05) is 12.3 Å². The quantitative estimate of drug-likeness (QED) is 0.275. The van der Waals surface area contributed by atoms with Crippen LogP contribution in [-0.4, -0.2) is 85.9 Å². The Morgan fingerprint density at radius 2 is 1.73 bits per heavy atom. The number of aliphatic carboxylic acids is 2. The van der Waals surface area contributed by atoms with Crippen molar-refractivity contribution in [1.82, 2.24) is 0 Å². The lowest BCUT2D eigenvalue weighted by molar-refractivity contribution is -0.273. The van der Waals surface area contributed by atoms with Crippen LogP contribution in [0.4, 0.5) is 0 Å². The van der Waals surface area contributed by atoms with Crippen molar-refractivity contribution in [2.45, 2.75) is 128 Å². The lowest BCUT2D eigenvalue weighted by atomic mass is 9.44. The summed E-state index contributed by atoms with van der Waals surface area (Å²) in [6, 6.07) is 0. The molecular weight excluding hydrogens is 572 g/mol. The molecule has 2 aliphatic heterocycles. The van der Waals surface area contributed by atoms with Gasteiger partial charge in [0.1, 0.15) is 6.10 Å². The zero-order valence-corrected chi connectivity index (χ0v) is 26.3. The van der Waals surface area contributed by atoms with Gasteiger partial charge in [-0.15, -0.1) is 0 Å². The third-order valence-electron chi connectivity index (χ3n) is 13.7. The molecule has 4 aliphatic carbocycles. The fraction of sp³-hybridized carbons (Fsp3) is 0.909. The molecule has 15 atom stereocenters. The Hall–Kier alpha value is -1.79. The number of esters is 1. The molecule has 2 unspecified atom stereocenters. The second-order valence-electron chi connectivity index (χ2n) is 15.9. The topological polar surface area (TPSA) is 180 Å². The first-order valence-corrected chi connectivity index (χ1v) is 16.6. The Morgan fingerprint density at radius 1 is 1.00 bits per heavy atom. The number of fused-ring (bicyclic) bond motifs is 7. The maximum Gasteiger partial charge on any atom is 0.339 e. The average molecular weight is 623 g/mol. The van der Waals surface area contributed by atoms with E-state index in [-0.39, 0.29) is 22.9 Å². The van der Waals surface area contributed by atoms with E-state index in [0.717, 1.165) is 51.6 Å². The van der Waals surface area contributed by atoms with Gasteiger partial charge in [-0.1, -0.05) is 27.7 Å². The molecule has 248 valence electrons. The van der Waals surface area contributed by atoms with Crippen LogP contribution in [0.5, 0.6) is 0 Å². The molecule has 1 spiro atoms. The molecule has 5 N–H and O–H groups in total. The highest BCUT2D eigenvalue weighted by Gasteiger charge is 2.69. The van der Waals surface area contributed by atoms with E-state index in [1.807, 2.05) is 0 Å². The van der Waals surface area contributed by atoms with E-state index < -0.39 is 54.0 Å². The van der Waals surface area contributed by atoms with Crippen LogP contribution in [0.15, 0.2) is 0 Å². The second-order valence-corrected chi connectivity index (χ2v) is 15.9. The summed E-state index contributed by atoms with van der Waals surface area (Å²) in [5, 5.41) is 49.6. The minimum Gasteiger partial charge on any atom is -0.479 e. The molecule has 0 radical (unpaired) electrons. The standard InChI is InChI=1S/C33H50O11/c1-16-7-10-33(42-15-16)17(2)26-23(44-33)12-21-19-6-5-18-11-22(34)24(13-31(18,4)20(19)8-9-30(21,26)3)43-25(35)14-32(41,29(39)40)27(36)28(37)38/h16-24,26-27,34,36,41H,5-15H2,1-4H3,(H,37,38)(H,39,40)/t16-,17+,18+,19-,20+,21+,22-,23+,24-,26+,27?,30+,31+,32?,33+/m1/s1. The van der Waals surface area contributed by atoms with Gasteiger partial charge in [-0.25, -0.2) is 9.59 Å². The van der Waals surface area contributed by atoms with Gasteiger partial charge in [-0.2, -0.15) is 0 Å². The van der Waals surface area contributed by atoms with Gasteiger partial charge in [0.05, 0.1) is 25.2 Å². The van der Waals surface area contributed by atoms with Crippen molar-refractivity contribution in [3.05, 3.63) is 0 Å². The fourth-order valence-electron chi connectivity index (χ4n) is 11.3. The number of hydrogen-bond donors (Lipinski definition) is 5. The SMILES string of the molecule is C[C@@H]1CC[C@]2(OC1)O[C@H]1C[C@H]3[C@@H]4CC[C@H]5C[C@@H](O)[C@H](OC(=O)CC(O)(C(=O)O)C(O)C(=O)O)C[C@]5(C)[C@H]4CC[C@]3(C)[C@H]1[C@@H]2C. The van der Waals surface area contributed by atoms with Crippen LogP contribution in [-0.2, 0) is 28.6 Å². The van der Waals surface area contributed by atoms with E-state index in [2.05, 4.69) is 27.7 Å². The van der Waals surface area contributed by atoms with E-state index >= 15 is 0 Å². The van der Waals surface area contributed by atoms with Crippen molar-refractivity contribution in [3.8, 4) is 0 Å². The number of carbonyl (C=O) groups excluding carboxylic acids is 1. The van der Waals surface area contributed by atoms with E-state index in [0.29, 0.717) is 48.3 Å². The van der Waals surface area contributed by atoms with Crippen LogP contribution in [0.2, 0.25) is 0 Å². The highest BCUT2D eigenvalue weighted by molar-refractivity contribution is 5.91. The second kappa shape index (κ2) is 10.9. The monoisotopic (exact) mass is 622 g/mol. The van der Waals surface area contributed by atoms with Crippen LogP contribution in [0, 0.1) is 52.3 Å². The van der Waals surface area contributed by atoms with E-state index in [9.17, 15) is 34.8 Å². The molecule has 0 bridgehead atoms. The number of ether oxygens (including phenoxy) is 3. The number of aliphatic hydroxyl groups is 3. The van der Waals surface area contributed by atoms with Crippen molar-refractivity contribution in [2.24, 2.45) is 52.3 Å². The molecule has 11 heteroatoms. The first-order valence-electron chi connectivity index (χ1n) is 16.6. The molecule has 2 heterocycles. The predicted molar refractivity (Wildman–Crippen MR) is 154 cm³/mol. The lowest BCUT2D eigenvalue weighted by Gasteiger charge is -2.62. The summed E-state index contributed by atoms with van der Waals surface area (Å²) >= 11 is 0. The van der Waals surface area contributed by atoms with Crippen LogP contribution in [0.25, 0.3) is 0 Å². The summed E-state index contributed by atoms with van der Waals surface area (Å²) in [6.45, 7) is 10.0. The molecule has 44 heavy (non-hydrogen) atoms. The fourth-order valence-corrected chi connectivity index (χ4v) is 11.3. The summed E-state index contributed by atoms with van der Waals surface area (Å²) in [6.07, 6.45) is 2.46. The largest absolute Gasteiger partial charge is 0.479 e. The van der Waals surface area contributed by atoms with Crippen molar-refractivity contribution in [1.29, 1.82) is 0 Å². The highest BCUT2D eigenvalue weighted by atomic mass is 16.7. The van der Waals surface area contributed by atoms with Gasteiger partial charge in [0.25, 0.3) is 0 Å². The molecule has 0 aromatic rings. The molecule has 6 fully saturated rings. The van der Waals surface area contributed by atoms with Crippen molar-refractivity contribution in [2.75, 3.05) is 6.61 Å². The molecule has 0 aromatic carbocycles. The minimum atomic E-state index is -3.25. The number of carbonyl (C=O) groups is 3. The molecule has 0 amide bonds. The Balaban J connectivity index is 1.17. The number of carboxylic acids is 2.